The largest absolute Gasteiger partial charge is 0.437 e. The molecule has 0 aliphatic carbocycles. The van der Waals surface area contributed by atoms with Gasteiger partial charge < -0.3 is 20.5 Å². The van der Waals surface area contributed by atoms with Gasteiger partial charge >= 0.3 is 0 Å². The molecule has 0 bridgehead atoms. The van der Waals surface area contributed by atoms with Gasteiger partial charge in [0.15, 0.2) is 0 Å². The van der Waals surface area contributed by atoms with Crippen LogP contribution < -0.4 is 15.4 Å². The van der Waals surface area contributed by atoms with E-state index in [0.29, 0.717) is 36.5 Å². The minimum Gasteiger partial charge on any atom is -0.437 e. The number of halogens is 1. The highest BCUT2D eigenvalue weighted by Crippen LogP contribution is 2.37. The number of hydrogen-bond donors (Lipinski definition) is 3. The number of aryl methyl sites for hydroxylation is 2. The molecule has 192 valence electrons. The van der Waals surface area contributed by atoms with Crippen molar-refractivity contribution in [1.29, 1.82) is 0 Å². The lowest BCUT2D eigenvalue weighted by atomic mass is 9.97. The van der Waals surface area contributed by atoms with E-state index in [0.717, 1.165) is 59.1 Å². The maximum Gasteiger partial charge on any atom is 0.228 e. The summed E-state index contributed by atoms with van der Waals surface area (Å²) >= 11 is 0. The third-order valence-electron chi connectivity index (χ3n) is 6.76. The highest BCUT2D eigenvalue weighted by molar-refractivity contribution is 5.92. The summed E-state index contributed by atoms with van der Waals surface area (Å²) in [5, 5.41) is 18.5. The number of piperidine rings is 1. The second-order valence-electron chi connectivity index (χ2n) is 9.48. The molecule has 3 heterocycles. The summed E-state index contributed by atoms with van der Waals surface area (Å²) in [7, 11) is 0. The predicted molar refractivity (Wildman–Crippen MR) is 144 cm³/mol. The van der Waals surface area contributed by atoms with Gasteiger partial charge in [-0.2, -0.15) is 0 Å². The first-order valence-electron chi connectivity index (χ1n) is 12.8. The summed E-state index contributed by atoms with van der Waals surface area (Å²) in [4.78, 5) is 13.7. The molecule has 3 N–H and O–H groups in total. The summed E-state index contributed by atoms with van der Waals surface area (Å²) in [6.07, 6.45) is 5.65. The van der Waals surface area contributed by atoms with Crippen molar-refractivity contribution < 1.29 is 14.2 Å². The first-order valence-corrected chi connectivity index (χ1v) is 12.8. The first kappa shape index (κ1) is 25.0. The van der Waals surface area contributed by atoms with Gasteiger partial charge in [-0.25, -0.2) is 19.3 Å². The van der Waals surface area contributed by atoms with E-state index in [9.17, 15) is 9.50 Å². The number of rotatable bonds is 9. The minimum absolute atomic E-state index is 0.298. The smallest absolute Gasteiger partial charge is 0.228 e. The standard InChI is InChI=1S/C29H32FN5O2/c1-19-9-12-23-20(10-11-22(36)17-30)5-2-7-24(23)27(19)37-28-25(8-4-15-32-28)26-13-16-33-29(35-26)34-21-6-3-14-31-18-21/h2,4-5,7-9,12-13,15-16,21-22,31,36H,3,6,10-11,14,17-18H2,1H3,(H,33,34,35)/t21-,22+/m0/s1. The number of ether oxygens (including phenoxy) is 1. The molecule has 0 radical (unpaired) electrons. The second-order valence-corrected chi connectivity index (χ2v) is 9.48. The highest BCUT2D eigenvalue weighted by atomic mass is 19.1. The molecule has 8 heteroatoms. The topological polar surface area (TPSA) is 92.2 Å². The number of nitrogens with zero attached hydrogens (tertiary/aromatic N) is 3. The molecule has 5 rings (SSSR count). The number of benzene rings is 2. The third kappa shape index (κ3) is 5.87. The van der Waals surface area contributed by atoms with Crippen LogP contribution >= 0.6 is 0 Å². The molecule has 1 aliphatic rings. The van der Waals surface area contributed by atoms with Crippen molar-refractivity contribution >= 4 is 16.7 Å². The van der Waals surface area contributed by atoms with Crippen LogP contribution in [0.15, 0.2) is 60.9 Å². The number of nitrogens with one attached hydrogen (secondary N) is 2. The van der Waals surface area contributed by atoms with E-state index < -0.39 is 12.8 Å². The molecule has 2 aromatic heterocycles. The quantitative estimate of drug-likeness (QED) is 0.290. The molecule has 7 nitrogen and oxygen atoms in total. The Morgan fingerprint density at radius 1 is 1.11 bits per heavy atom. The molecule has 37 heavy (non-hydrogen) atoms. The van der Waals surface area contributed by atoms with Crippen molar-refractivity contribution in [3.63, 3.8) is 0 Å². The monoisotopic (exact) mass is 501 g/mol. The van der Waals surface area contributed by atoms with E-state index in [1.54, 1.807) is 12.4 Å². The molecule has 0 unspecified atom stereocenters. The van der Waals surface area contributed by atoms with Crippen LogP contribution in [0, 0.1) is 6.92 Å². The van der Waals surface area contributed by atoms with Crippen LogP contribution in [0.2, 0.25) is 0 Å². The van der Waals surface area contributed by atoms with Gasteiger partial charge in [0.05, 0.1) is 17.4 Å². The van der Waals surface area contributed by atoms with Gasteiger partial charge in [-0.15, -0.1) is 0 Å². The van der Waals surface area contributed by atoms with Crippen LogP contribution in [-0.4, -0.2) is 52.0 Å². The summed E-state index contributed by atoms with van der Waals surface area (Å²) < 4.78 is 19.3. The average Bonchev–Trinajstić information content (AvgIpc) is 2.94. The van der Waals surface area contributed by atoms with Gasteiger partial charge in [-0.3, -0.25) is 0 Å². The Labute approximate surface area is 216 Å². The molecule has 1 aliphatic heterocycles. The van der Waals surface area contributed by atoms with E-state index in [1.807, 2.05) is 49.4 Å². The first-order chi connectivity index (χ1) is 18.1. The second kappa shape index (κ2) is 11.6. The fraction of sp³-hybridized carbons (Fsp3) is 0.345. The zero-order valence-electron chi connectivity index (χ0n) is 21.0. The van der Waals surface area contributed by atoms with E-state index in [1.165, 1.54) is 0 Å². The minimum atomic E-state index is -0.950. The van der Waals surface area contributed by atoms with Gasteiger partial charge in [0.1, 0.15) is 12.4 Å². The summed E-state index contributed by atoms with van der Waals surface area (Å²) in [5.74, 6) is 1.76. The van der Waals surface area contributed by atoms with Gasteiger partial charge in [0.25, 0.3) is 0 Å². The fourth-order valence-electron chi connectivity index (χ4n) is 4.76. The van der Waals surface area contributed by atoms with Crippen molar-refractivity contribution in [3.05, 3.63) is 72.1 Å². The maximum absolute atomic E-state index is 12.8. The summed E-state index contributed by atoms with van der Waals surface area (Å²) in [6, 6.07) is 16.0. The molecule has 0 saturated carbocycles. The van der Waals surface area contributed by atoms with Crippen molar-refractivity contribution in [3.8, 4) is 22.9 Å². The Kier molecular flexibility index (Phi) is 7.87. The Bertz CT molecular complexity index is 1360. The molecule has 0 amide bonds. The number of aliphatic hydroxyl groups is 1. The Morgan fingerprint density at radius 2 is 2.03 bits per heavy atom. The zero-order chi connectivity index (χ0) is 25.6. The number of aliphatic hydroxyl groups excluding tert-OH is 1. The molecule has 2 atom stereocenters. The van der Waals surface area contributed by atoms with Crippen LogP contribution in [0.5, 0.6) is 11.6 Å². The summed E-state index contributed by atoms with van der Waals surface area (Å²) in [5.41, 5.74) is 3.51. The van der Waals surface area contributed by atoms with Crippen molar-refractivity contribution in [2.24, 2.45) is 0 Å². The van der Waals surface area contributed by atoms with Gasteiger partial charge in [0.2, 0.25) is 11.8 Å². The molecular weight excluding hydrogens is 469 g/mol. The molecule has 2 aromatic carbocycles. The van der Waals surface area contributed by atoms with Gasteiger partial charge in [-0.1, -0.05) is 30.3 Å². The molecule has 0 spiro atoms. The van der Waals surface area contributed by atoms with E-state index >= 15 is 0 Å². The summed E-state index contributed by atoms with van der Waals surface area (Å²) in [6.45, 7) is 3.20. The molecule has 4 aromatic rings. The van der Waals surface area contributed by atoms with Crippen LogP contribution in [0.1, 0.15) is 30.4 Å². The number of aromatic nitrogens is 3. The predicted octanol–water partition coefficient (Wildman–Crippen LogP) is 5.22. The maximum atomic E-state index is 12.8. The van der Waals surface area contributed by atoms with Crippen LogP contribution in [0.4, 0.5) is 10.3 Å². The number of pyridine rings is 1. The van der Waals surface area contributed by atoms with Crippen molar-refractivity contribution in [2.75, 3.05) is 25.1 Å². The molecule has 1 saturated heterocycles. The van der Waals surface area contributed by atoms with E-state index in [4.69, 9.17) is 9.72 Å². The van der Waals surface area contributed by atoms with Crippen molar-refractivity contribution in [1.82, 2.24) is 20.3 Å². The van der Waals surface area contributed by atoms with Crippen LogP contribution in [0.25, 0.3) is 22.0 Å². The number of alkyl halides is 1. The average molecular weight is 502 g/mol. The SMILES string of the molecule is Cc1ccc2c(CC[C@@H](O)CF)cccc2c1Oc1ncccc1-c1ccnc(N[C@H]2CCCNC2)n1. The van der Waals surface area contributed by atoms with Crippen LogP contribution in [0.3, 0.4) is 0 Å². The Balaban J connectivity index is 1.45. The lowest BCUT2D eigenvalue weighted by molar-refractivity contribution is 0.131. The number of fused-ring (bicyclic) bond motifs is 1. The normalized spacial score (nSPS) is 16.5. The Hall–Kier alpha value is -3.62. The number of anilines is 1. The molecular formula is C29H32FN5O2. The Morgan fingerprint density at radius 3 is 2.86 bits per heavy atom. The van der Waals surface area contributed by atoms with Gasteiger partial charge in [-0.05, 0) is 73.9 Å². The van der Waals surface area contributed by atoms with Crippen molar-refractivity contribution in [2.45, 2.75) is 44.8 Å². The van der Waals surface area contributed by atoms with E-state index in [2.05, 4.69) is 26.7 Å². The third-order valence-corrected chi connectivity index (χ3v) is 6.76. The lowest BCUT2D eigenvalue weighted by Gasteiger charge is -2.23. The lowest BCUT2D eigenvalue weighted by Crippen LogP contribution is -2.38. The van der Waals surface area contributed by atoms with Crippen LogP contribution in [-0.2, 0) is 6.42 Å². The number of hydrogen-bond acceptors (Lipinski definition) is 7. The van der Waals surface area contributed by atoms with E-state index in [-0.39, 0.29) is 0 Å². The fourth-order valence-corrected chi connectivity index (χ4v) is 4.76. The highest BCUT2D eigenvalue weighted by Gasteiger charge is 2.17. The zero-order valence-corrected chi connectivity index (χ0v) is 21.0. The molecule has 1 fully saturated rings. The van der Waals surface area contributed by atoms with Gasteiger partial charge in [0, 0.05) is 30.4 Å².